The van der Waals surface area contributed by atoms with E-state index in [2.05, 4.69) is 10.3 Å². The van der Waals surface area contributed by atoms with E-state index in [0.29, 0.717) is 13.2 Å². The predicted octanol–water partition coefficient (Wildman–Crippen LogP) is 2.65. The van der Waals surface area contributed by atoms with Gasteiger partial charge in [-0.3, -0.25) is 4.98 Å². The first-order valence-corrected chi connectivity index (χ1v) is 6.85. The summed E-state index contributed by atoms with van der Waals surface area (Å²) in [6, 6.07) is 13.6. The average molecular weight is 272 g/mol. The third-order valence-corrected chi connectivity index (χ3v) is 2.71. The first-order chi connectivity index (χ1) is 9.88. The fraction of sp³-hybridized carbons (Fsp3) is 0.312. The van der Waals surface area contributed by atoms with Crippen molar-refractivity contribution in [1.29, 1.82) is 0 Å². The number of hydrogen-bond donors (Lipinski definition) is 1. The van der Waals surface area contributed by atoms with E-state index >= 15 is 0 Å². The van der Waals surface area contributed by atoms with Crippen LogP contribution in [0.2, 0.25) is 0 Å². The van der Waals surface area contributed by atoms with Crippen LogP contribution in [0, 0.1) is 0 Å². The van der Waals surface area contributed by atoms with Crippen LogP contribution in [0.15, 0.2) is 48.7 Å². The SMILES string of the molecule is CCOc1ccc(OCCNCc2ccccn2)cc1. The van der Waals surface area contributed by atoms with Crippen molar-refractivity contribution in [3.8, 4) is 11.5 Å². The van der Waals surface area contributed by atoms with Gasteiger partial charge in [0.15, 0.2) is 0 Å². The summed E-state index contributed by atoms with van der Waals surface area (Å²) in [4.78, 5) is 4.24. The zero-order chi connectivity index (χ0) is 14.0. The molecule has 0 aliphatic carbocycles. The standard InChI is InChI=1S/C16H20N2O2/c1-2-19-15-6-8-16(9-7-15)20-12-11-17-13-14-5-3-4-10-18-14/h3-10,17H,2,11-13H2,1H3. The molecule has 0 saturated heterocycles. The van der Waals surface area contributed by atoms with Gasteiger partial charge in [-0.05, 0) is 43.3 Å². The van der Waals surface area contributed by atoms with Crippen LogP contribution < -0.4 is 14.8 Å². The molecule has 0 aliphatic heterocycles. The fourth-order valence-electron chi connectivity index (χ4n) is 1.76. The van der Waals surface area contributed by atoms with E-state index in [9.17, 15) is 0 Å². The van der Waals surface area contributed by atoms with Crippen LogP contribution in [0.5, 0.6) is 11.5 Å². The molecule has 0 unspecified atom stereocenters. The van der Waals surface area contributed by atoms with Crippen molar-refractivity contribution in [2.45, 2.75) is 13.5 Å². The predicted molar refractivity (Wildman–Crippen MR) is 79.0 cm³/mol. The van der Waals surface area contributed by atoms with E-state index in [1.165, 1.54) is 0 Å². The Morgan fingerprint density at radius 2 is 1.75 bits per heavy atom. The van der Waals surface area contributed by atoms with Gasteiger partial charge in [0, 0.05) is 19.3 Å². The molecule has 2 rings (SSSR count). The maximum Gasteiger partial charge on any atom is 0.119 e. The van der Waals surface area contributed by atoms with Crippen molar-refractivity contribution in [3.63, 3.8) is 0 Å². The van der Waals surface area contributed by atoms with Crippen LogP contribution in [0.4, 0.5) is 0 Å². The summed E-state index contributed by atoms with van der Waals surface area (Å²) in [6.45, 7) is 4.81. The van der Waals surface area contributed by atoms with Crippen LogP contribution in [-0.4, -0.2) is 24.7 Å². The summed E-state index contributed by atoms with van der Waals surface area (Å²) in [6.07, 6.45) is 1.80. The Morgan fingerprint density at radius 3 is 2.40 bits per heavy atom. The Balaban J connectivity index is 1.63. The molecule has 0 bridgehead atoms. The molecule has 0 atom stereocenters. The number of benzene rings is 1. The van der Waals surface area contributed by atoms with Gasteiger partial charge in [0.1, 0.15) is 18.1 Å². The molecule has 0 fully saturated rings. The van der Waals surface area contributed by atoms with Gasteiger partial charge < -0.3 is 14.8 Å². The first-order valence-electron chi connectivity index (χ1n) is 6.85. The van der Waals surface area contributed by atoms with Gasteiger partial charge in [0.2, 0.25) is 0 Å². The highest BCUT2D eigenvalue weighted by molar-refractivity contribution is 5.31. The molecular formula is C16H20N2O2. The lowest BCUT2D eigenvalue weighted by Crippen LogP contribution is -2.21. The molecule has 106 valence electrons. The topological polar surface area (TPSA) is 43.4 Å². The molecule has 1 aromatic heterocycles. The lowest BCUT2D eigenvalue weighted by Gasteiger charge is -2.08. The van der Waals surface area contributed by atoms with E-state index in [0.717, 1.165) is 30.3 Å². The zero-order valence-electron chi connectivity index (χ0n) is 11.7. The van der Waals surface area contributed by atoms with Crippen molar-refractivity contribution in [1.82, 2.24) is 10.3 Å². The van der Waals surface area contributed by atoms with Crippen LogP contribution in [0.25, 0.3) is 0 Å². The summed E-state index contributed by atoms with van der Waals surface area (Å²) >= 11 is 0. The van der Waals surface area contributed by atoms with Gasteiger partial charge in [-0.15, -0.1) is 0 Å². The lowest BCUT2D eigenvalue weighted by molar-refractivity contribution is 0.310. The Labute approximate surface area is 119 Å². The van der Waals surface area contributed by atoms with Crippen molar-refractivity contribution in [3.05, 3.63) is 54.4 Å². The van der Waals surface area contributed by atoms with Gasteiger partial charge in [-0.1, -0.05) is 6.07 Å². The molecule has 0 spiro atoms. The number of hydrogen-bond acceptors (Lipinski definition) is 4. The Morgan fingerprint density at radius 1 is 1.00 bits per heavy atom. The Hall–Kier alpha value is -2.07. The minimum atomic E-state index is 0.626. The van der Waals surface area contributed by atoms with Crippen LogP contribution in [-0.2, 0) is 6.54 Å². The van der Waals surface area contributed by atoms with Crippen molar-refractivity contribution in [2.75, 3.05) is 19.8 Å². The molecule has 2 aromatic rings. The second-order valence-electron chi connectivity index (χ2n) is 4.25. The summed E-state index contributed by atoms with van der Waals surface area (Å²) in [7, 11) is 0. The van der Waals surface area contributed by atoms with Crippen LogP contribution in [0.1, 0.15) is 12.6 Å². The summed E-state index contributed by atoms with van der Waals surface area (Å²) in [5, 5.41) is 3.29. The molecule has 0 amide bonds. The molecular weight excluding hydrogens is 252 g/mol. The number of ether oxygens (including phenoxy) is 2. The number of aromatic nitrogens is 1. The van der Waals surface area contributed by atoms with E-state index < -0.39 is 0 Å². The largest absolute Gasteiger partial charge is 0.494 e. The third-order valence-electron chi connectivity index (χ3n) is 2.71. The third kappa shape index (κ3) is 4.90. The monoisotopic (exact) mass is 272 g/mol. The second-order valence-corrected chi connectivity index (χ2v) is 4.25. The van der Waals surface area contributed by atoms with Gasteiger partial charge >= 0.3 is 0 Å². The Kier molecular flexibility index (Phi) is 5.86. The smallest absolute Gasteiger partial charge is 0.119 e. The van der Waals surface area contributed by atoms with E-state index in [-0.39, 0.29) is 0 Å². The number of rotatable bonds is 8. The highest BCUT2D eigenvalue weighted by Crippen LogP contribution is 2.17. The molecule has 4 nitrogen and oxygen atoms in total. The Bertz CT molecular complexity index is 486. The highest BCUT2D eigenvalue weighted by Gasteiger charge is 1.96. The first kappa shape index (κ1) is 14.3. The minimum Gasteiger partial charge on any atom is -0.494 e. The van der Waals surface area contributed by atoms with Gasteiger partial charge in [0.25, 0.3) is 0 Å². The molecule has 1 heterocycles. The van der Waals surface area contributed by atoms with Crippen LogP contribution >= 0.6 is 0 Å². The molecule has 0 aliphatic rings. The van der Waals surface area contributed by atoms with E-state index in [1.807, 2.05) is 49.4 Å². The fourth-order valence-corrected chi connectivity index (χ4v) is 1.76. The number of nitrogens with zero attached hydrogens (tertiary/aromatic N) is 1. The zero-order valence-corrected chi connectivity index (χ0v) is 11.7. The second kappa shape index (κ2) is 8.17. The molecule has 0 saturated carbocycles. The molecule has 4 heteroatoms. The number of nitrogens with one attached hydrogen (secondary N) is 1. The molecule has 1 aromatic carbocycles. The molecule has 1 N–H and O–H groups in total. The van der Waals surface area contributed by atoms with Gasteiger partial charge in [0.05, 0.1) is 12.3 Å². The van der Waals surface area contributed by atoms with E-state index in [1.54, 1.807) is 6.20 Å². The molecule has 0 radical (unpaired) electrons. The summed E-state index contributed by atoms with van der Waals surface area (Å²) in [5.74, 6) is 1.72. The van der Waals surface area contributed by atoms with Crippen molar-refractivity contribution in [2.24, 2.45) is 0 Å². The van der Waals surface area contributed by atoms with Crippen molar-refractivity contribution >= 4 is 0 Å². The lowest BCUT2D eigenvalue weighted by atomic mass is 10.3. The van der Waals surface area contributed by atoms with Gasteiger partial charge in [-0.2, -0.15) is 0 Å². The van der Waals surface area contributed by atoms with Gasteiger partial charge in [-0.25, -0.2) is 0 Å². The average Bonchev–Trinajstić information content (AvgIpc) is 2.50. The normalized spacial score (nSPS) is 10.2. The van der Waals surface area contributed by atoms with E-state index in [4.69, 9.17) is 9.47 Å². The summed E-state index contributed by atoms with van der Waals surface area (Å²) in [5.41, 5.74) is 1.04. The number of pyridine rings is 1. The summed E-state index contributed by atoms with van der Waals surface area (Å²) < 4.78 is 11.0. The van der Waals surface area contributed by atoms with Crippen molar-refractivity contribution < 1.29 is 9.47 Å². The maximum atomic E-state index is 5.64. The van der Waals surface area contributed by atoms with Crippen LogP contribution in [0.3, 0.4) is 0 Å². The highest BCUT2D eigenvalue weighted by atomic mass is 16.5. The minimum absolute atomic E-state index is 0.626. The maximum absolute atomic E-state index is 5.64. The quantitative estimate of drug-likeness (QED) is 0.750. The molecule has 20 heavy (non-hydrogen) atoms.